The summed E-state index contributed by atoms with van der Waals surface area (Å²) in [5.41, 5.74) is -0.606. The number of rotatable bonds is 2. The second-order valence-electron chi connectivity index (χ2n) is 6.38. The van der Waals surface area contributed by atoms with Gasteiger partial charge in [-0.2, -0.15) is 0 Å². The molecule has 1 atom stereocenters. The van der Waals surface area contributed by atoms with Crippen molar-refractivity contribution in [3.63, 3.8) is 0 Å². The molecule has 0 radical (unpaired) electrons. The van der Waals surface area contributed by atoms with Crippen LogP contribution >= 0.6 is 0 Å². The normalized spacial score (nSPS) is 21.6. The van der Waals surface area contributed by atoms with Crippen LogP contribution in [-0.4, -0.2) is 58.8 Å². The summed E-state index contributed by atoms with van der Waals surface area (Å²) in [6, 6.07) is 0. The molecule has 0 aromatic carbocycles. The second-order valence-corrected chi connectivity index (χ2v) is 6.38. The van der Waals surface area contributed by atoms with Gasteiger partial charge in [-0.15, -0.1) is 0 Å². The number of imide groups is 1. The monoisotopic (exact) mass is 328 g/mol. The van der Waals surface area contributed by atoms with Crippen LogP contribution in [0.3, 0.4) is 0 Å². The molecule has 0 bridgehead atoms. The Morgan fingerprint density at radius 3 is 2.30 bits per heavy atom. The lowest BCUT2D eigenvalue weighted by Gasteiger charge is -2.24. The van der Waals surface area contributed by atoms with Crippen LogP contribution in [0.4, 0.5) is 9.59 Å². The lowest BCUT2D eigenvalue weighted by Crippen LogP contribution is -2.37. The maximum atomic E-state index is 11.9. The molecule has 2 aliphatic rings. The minimum atomic E-state index is -1.13. The number of carbonyl (C=O) groups excluding carboxylic acids is 4. The average molecular weight is 328 g/mol. The van der Waals surface area contributed by atoms with Crippen molar-refractivity contribution < 1.29 is 33.5 Å². The highest BCUT2D eigenvalue weighted by Crippen LogP contribution is 2.19. The van der Waals surface area contributed by atoms with Crippen LogP contribution in [0, 0.1) is 0 Å². The molecule has 0 aliphatic carbocycles. The van der Waals surface area contributed by atoms with E-state index in [1.165, 1.54) is 4.90 Å². The van der Waals surface area contributed by atoms with Crippen LogP contribution in [0.25, 0.3) is 0 Å². The van der Waals surface area contributed by atoms with Crippen LogP contribution in [0.2, 0.25) is 0 Å². The molecule has 9 heteroatoms. The van der Waals surface area contributed by atoms with Gasteiger partial charge >= 0.3 is 12.2 Å². The smallest absolute Gasteiger partial charge is 0.444 e. The van der Waals surface area contributed by atoms with Gasteiger partial charge in [0.05, 0.1) is 6.54 Å². The molecule has 0 aromatic heterocycles. The molecular weight excluding hydrogens is 308 g/mol. The minimum Gasteiger partial charge on any atom is -0.444 e. The van der Waals surface area contributed by atoms with E-state index in [2.05, 4.69) is 4.84 Å². The summed E-state index contributed by atoms with van der Waals surface area (Å²) < 4.78 is 10.3. The Bertz CT molecular complexity index is 510. The maximum Gasteiger partial charge on any atom is 0.534 e. The minimum absolute atomic E-state index is 0.0158. The van der Waals surface area contributed by atoms with E-state index in [1.54, 1.807) is 20.8 Å². The van der Waals surface area contributed by atoms with Crippen molar-refractivity contribution in [2.75, 3.05) is 13.1 Å². The third kappa shape index (κ3) is 4.57. The fourth-order valence-corrected chi connectivity index (χ4v) is 2.21. The first kappa shape index (κ1) is 17.0. The highest BCUT2D eigenvalue weighted by atomic mass is 16.8. The van der Waals surface area contributed by atoms with Gasteiger partial charge in [0.15, 0.2) is 0 Å². The molecule has 128 valence electrons. The van der Waals surface area contributed by atoms with Crippen LogP contribution in [-0.2, 0) is 23.9 Å². The van der Waals surface area contributed by atoms with Crippen molar-refractivity contribution >= 4 is 24.1 Å². The van der Waals surface area contributed by atoms with Crippen molar-refractivity contribution in [2.24, 2.45) is 0 Å². The predicted octanol–water partition coefficient (Wildman–Crippen LogP) is 1.21. The van der Waals surface area contributed by atoms with Crippen LogP contribution < -0.4 is 0 Å². The largest absolute Gasteiger partial charge is 0.534 e. The molecular formula is C14H20N2O7. The van der Waals surface area contributed by atoms with E-state index < -0.39 is 35.8 Å². The Morgan fingerprint density at radius 2 is 1.74 bits per heavy atom. The van der Waals surface area contributed by atoms with E-state index in [1.807, 2.05) is 0 Å². The number of likely N-dealkylation sites (tertiary alicyclic amines) is 1. The third-order valence-electron chi connectivity index (χ3n) is 3.23. The summed E-state index contributed by atoms with van der Waals surface area (Å²) in [5, 5.41) is 0.420. The zero-order valence-electron chi connectivity index (χ0n) is 13.4. The Labute approximate surface area is 133 Å². The van der Waals surface area contributed by atoms with Gasteiger partial charge in [0.2, 0.25) is 0 Å². The van der Waals surface area contributed by atoms with E-state index in [0.717, 1.165) is 0 Å². The maximum absolute atomic E-state index is 11.9. The summed E-state index contributed by atoms with van der Waals surface area (Å²) >= 11 is 0. The van der Waals surface area contributed by atoms with E-state index in [9.17, 15) is 19.2 Å². The van der Waals surface area contributed by atoms with Gasteiger partial charge in [-0.05, 0) is 20.8 Å². The topological polar surface area (TPSA) is 102 Å². The lowest BCUT2D eigenvalue weighted by atomic mass is 10.2. The highest BCUT2D eigenvalue weighted by molar-refractivity contribution is 6.01. The van der Waals surface area contributed by atoms with Crippen molar-refractivity contribution in [1.82, 2.24) is 9.96 Å². The standard InChI is InChI=1S/C14H20N2O7/c1-14(2,3)22-12(19)15-7-6-9(8-15)21-13(20)23-16-10(17)4-5-11(16)18/h9H,4-8H2,1-3H3. The number of amides is 3. The number of nitrogens with zero attached hydrogens (tertiary/aromatic N) is 2. The quantitative estimate of drug-likeness (QED) is 0.554. The predicted molar refractivity (Wildman–Crippen MR) is 74.9 cm³/mol. The van der Waals surface area contributed by atoms with Gasteiger partial charge < -0.3 is 14.4 Å². The summed E-state index contributed by atoms with van der Waals surface area (Å²) in [6.07, 6.45) is -1.73. The van der Waals surface area contributed by atoms with Crippen molar-refractivity contribution in [2.45, 2.75) is 51.7 Å². The molecule has 9 nitrogen and oxygen atoms in total. The number of carbonyl (C=O) groups is 4. The molecule has 3 amide bonds. The fraction of sp³-hybridized carbons (Fsp3) is 0.714. The number of hydrogen-bond acceptors (Lipinski definition) is 7. The molecule has 0 aromatic rings. The first-order valence-corrected chi connectivity index (χ1v) is 7.38. The van der Waals surface area contributed by atoms with E-state index in [-0.39, 0.29) is 19.4 Å². The molecule has 2 saturated heterocycles. The van der Waals surface area contributed by atoms with Gasteiger partial charge in [-0.1, -0.05) is 5.06 Å². The summed E-state index contributed by atoms with van der Waals surface area (Å²) in [5.74, 6) is -1.15. The molecule has 0 saturated carbocycles. The number of hydrogen-bond donors (Lipinski definition) is 0. The van der Waals surface area contributed by atoms with Gasteiger partial charge in [0, 0.05) is 25.8 Å². The van der Waals surface area contributed by atoms with Crippen molar-refractivity contribution in [3.05, 3.63) is 0 Å². The summed E-state index contributed by atoms with van der Waals surface area (Å²) in [7, 11) is 0. The van der Waals surface area contributed by atoms with Crippen LogP contribution in [0.1, 0.15) is 40.0 Å². The summed E-state index contributed by atoms with van der Waals surface area (Å²) in [4.78, 5) is 52.2. The van der Waals surface area contributed by atoms with Crippen molar-refractivity contribution in [1.29, 1.82) is 0 Å². The van der Waals surface area contributed by atoms with Gasteiger partial charge in [-0.25, -0.2) is 9.59 Å². The Kier molecular flexibility index (Phi) is 4.76. The van der Waals surface area contributed by atoms with Crippen LogP contribution in [0.15, 0.2) is 0 Å². The zero-order valence-corrected chi connectivity index (χ0v) is 13.4. The summed E-state index contributed by atoms with van der Waals surface area (Å²) in [6.45, 7) is 5.84. The molecule has 2 rings (SSSR count). The molecule has 2 heterocycles. The van der Waals surface area contributed by atoms with Crippen LogP contribution in [0.5, 0.6) is 0 Å². The Morgan fingerprint density at radius 1 is 1.13 bits per heavy atom. The average Bonchev–Trinajstić information content (AvgIpc) is 2.99. The van der Waals surface area contributed by atoms with Gasteiger partial charge in [0.25, 0.3) is 11.8 Å². The van der Waals surface area contributed by atoms with E-state index in [4.69, 9.17) is 9.47 Å². The zero-order chi connectivity index (χ0) is 17.2. The van der Waals surface area contributed by atoms with Crippen molar-refractivity contribution in [3.8, 4) is 0 Å². The molecule has 1 unspecified atom stereocenters. The first-order chi connectivity index (χ1) is 10.7. The highest BCUT2D eigenvalue weighted by Gasteiger charge is 2.36. The van der Waals surface area contributed by atoms with E-state index in [0.29, 0.717) is 18.0 Å². The van der Waals surface area contributed by atoms with Gasteiger partial charge in [-0.3, -0.25) is 14.4 Å². The molecule has 2 aliphatic heterocycles. The SMILES string of the molecule is CC(C)(C)OC(=O)N1CCC(OC(=O)ON2C(=O)CCC2=O)C1. The molecule has 0 N–H and O–H groups in total. The number of hydroxylamine groups is 2. The Hall–Kier alpha value is -2.32. The van der Waals surface area contributed by atoms with Gasteiger partial charge in [0.1, 0.15) is 11.7 Å². The molecule has 0 spiro atoms. The molecule has 23 heavy (non-hydrogen) atoms. The second kappa shape index (κ2) is 6.43. The number of ether oxygens (including phenoxy) is 2. The lowest BCUT2D eigenvalue weighted by molar-refractivity contribution is -0.178. The molecule has 2 fully saturated rings. The first-order valence-electron chi connectivity index (χ1n) is 7.38. The Balaban J connectivity index is 1.79. The fourth-order valence-electron chi connectivity index (χ4n) is 2.21. The van der Waals surface area contributed by atoms with E-state index >= 15 is 0 Å². The third-order valence-corrected chi connectivity index (χ3v) is 3.23.